The van der Waals surface area contributed by atoms with Gasteiger partial charge in [-0.25, -0.2) is 4.79 Å². The maximum Gasteiger partial charge on any atom is 0.331 e. The molecule has 4 aliphatic carbocycles. The third-order valence-corrected chi connectivity index (χ3v) is 14.2. The number of carbonyl (C=O) groups is 1. The Hall–Kier alpha value is -1.27. The van der Waals surface area contributed by atoms with E-state index in [2.05, 4.69) is 13.8 Å². The molecular weight excluding hydrogens is 644 g/mol. The number of ether oxygens (including phenoxy) is 5. The largest absolute Gasteiger partial charge is 0.458 e. The van der Waals surface area contributed by atoms with Crippen LogP contribution in [-0.2, 0) is 28.5 Å². The van der Waals surface area contributed by atoms with Crippen LogP contribution in [-0.4, -0.2) is 140 Å². The minimum absolute atomic E-state index is 0.00679. The van der Waals surface area contributed by atoms with E-state index in [1.165, 1.54) is 0 Å². The monoisotopic (exact) mass is 698 g/mol. The van der Waals surface area contributed by atoms with Crippen molar-refractivity contribution in [1.29, 1.82) is 0 Å². The standard InChI is InChI=1S/C35H54O14/c1-33-8-5-18(47-32-30(43)28(41)26(39)23(49-32)15-46-31-29(42)27(40)25(38)22(13-36)48-31)12-17(33)3-4-21-20(33)6-9-34(2)19(7-10-35(21,34)44)16-11-24(37)45-14-16/h11,17-23,25-32,36,38-44H,3-10,12-15H2,1-2H3/t17-,18+,19-,20?,21?,22?,23?,25-,26-,27?,28?,29?,30?,31-,32-,33+,34-,35+/m1/s1. The maximum atomic E-state index is 12.5. The summed E-state index contributed by atoms with van der Waals surface area (Å²) in [4.78, 5) is 11.9. The van der Waals surface area contributed by atoms with E-state index >= 15 is 0 Å². The van der Waals surface area contributed by atoms with E-state index in [9.17, 15) is 45.6 Å². The van der Waals surface area contributed by atoms with Crippen LogP contribution < -0.4 is 0 Å². The van der Waals surface area contributed by atoms with Crippen LogP contribution in [0.1, 0.15) is 71.6 Å². The van der Waals surface area contributed by atoms with Crippen molar-refractivity contribution in [3.63, 3.8) is 0 Å². The number of carbonyl (C=O) groups excluding carboxylic acids is 1. The Morgan fingerprint density at radius 1 is 0.796 bits per heavy atom. The van der Waals surface area contributed by atoms with Gasteiger partial charge in [-0.05, 0) is 92.4 Å². The molecule has 49 heavy (non-hydrogen) atoms. The van der Waals surface area contributed by atoms with Gasteiger partial charge >= 0.3 is 5.97 Å². The molecule has 7 aliphatic rings. The van der Waals surface area contributed by atoms with Gasteiger partial charge in [0.15, 0.2) is 12.6 Å². The summed E-state index contributed by atoms with van der Waals surface area (Å²) in [6, 6.07) is 0. The van der Waals surface area contributed by atoms with E-state index in [4.69, 9.17) is 23.7 Å². The number of rotatable bonds is 7. The summed E-state index contributed by atoms with van der Waals surface area (Å²) in [6.07, 6.45) is -5.68. The fourth-order valence-electron chi connectivity index (χ4n) is 11.2. The minimum Gasteiger partial charge on any atom is -0.458 e. The van der Waals surface area contributed by atoms with E-state index < -0.39 is 80.2 Å². The van der Waals surface area contributed by atoms with Gasteiger partial charge in [-0.3, -0.25) is 0 Å². The number of esters is 1. The molecule has 2 saturated heterocycles. The minimum atomic E-state index is -1.65. The fourth-order valence-corrected chi connectivity index (χ4v) is 11.2. The highest BCUT2D eigenvalue weighted by molar-refractivity contribution is 5.85. The molecule has 4 saturated carbocycles. The topological polar surface area (TPSA) is 225 Å². The van der Waals surface area contributed by atoms with Crippen molar-refractivity contribution in [2.75, 3.05) is 19.8 Å². The molecule has 3 heterocycles. The summed E-state index contributed by atoms with van der Waals surface area (Å²) >= 11 is 0. The molecule has 278 valence electrons. The lowest BCUT2D eigenvalue weighted by Gasteiger charge is -2.64. The van der Waals surface area contributed by atoms with Crippen LogP contribution in [0.2, 0.25) is 0 Å². The molecule has 3 aliphatic heterocycles. The summed E-state index contributed by atoms with van der Waals surface area (Å²) in [5.74, 6) is 0.683. The van der Waals surface area contributed by atoms with E-state index in [1.807, 2.05) is 0 Å². The predicted molar refractivity (Wildman–Crippen MR) is 167 cm³/mol. The van der Waals surface area contributed by atoms with E-state index in [0.29, 0.717) is 24.9 Å². The first-order valence-corrected chi connectivity index (χ1v) is 18.1. The van der Waals surface area contributed by atoms with Crippen molar-refractivity contribution in [2.45, 2.75) is 145 Å². The van der Waals surface area contributed by atoms with Gasteiger partial charge in [-0.1, -0.05) is 13.8 Å². The van der Waals surface area contributed by atoms with Crippen molar-refractivity contribution in [3.8, 4) is 0 Å². The summed E-state index contributed by atoms with van der Waals surface area (Å²) < 4.78 is 28.4. The first kappa shape index (κ1) is 36.1. The average molecular weight is 699 g/mol. The average Bonchev–Trinajstić information content (AvgIpc) is 3.63. The Morgan fingerprint density at radius 3 is 2.18 bits per heavy atom. The molecule has 0 radical (unpaired) electrons. The molecular formula is C35H54O14. The molecule has 0 aromatic heterocycles. The van der Waals surface area contributed by atoms with E-state index in [-0.39, 0.29) is 34.7 Å². The second kappa shape index (κ2) is 13.3. The van der Waals surface area contributed by atoms with Crippen molar-refractivity contribution in [2.24, 2.45) is 34.5 Å². The van der Waals surface area contributed by atoms with Crippen molar-refractivity contribution >= 4 is 5.97 Å². The third-order valence-electron chi connectivity index (χ3n) is 14.2. The van der Waals surface area contributed by atoms with Gasteiger partial charge in [0.25, 0.3) is 0 Å². The lowest BCUT2D eigenvalue weighted by Crippen LogP contribution is -2.63. The zero-order valence-corrected chi connectivity index (χ0v) is 28.3. The highest BCUT2D eigenvalue weighted by atomic mass is 16.7. The molecule has 7 rings (SSSR count). The molecule has 0 aromatic carbocycles. The van der Waals surface area contributed by atoms with Crippen molar-refractivity contribution in [3.05, 3.63) is 11.6 Å². The SMILES string of the molecule is C[C@]12CC[C@H](O[C@@H]3OC(CO[C@@H]4OC(CO)[C@@H](O)C(O)C4O)[C@@H](O)C(O)C3O)C[C@H]1CCC1C2CC[C@]2(C)[C@@H](C3=CC(=O)OC3)CC[C@]12O. The van der Waals surface area contributed by atoms with Crippen LogP contribution in [0, 0.1) is 34.5 Å². The Labute approximate surface area is 285 Å². The van der Waals surface area contributed by atoms with Gasteiger partial charge in [-0.2, -0.15) is 0 Å². The number of hydrogen-bond donors (Lipinski definition) is 8. The number of aliphatic hydroxyl groups is 8. The molecule has 0 aromatic rings. The van der Waals surface area contributed by atoms with Gasteiger partial charge in [0, 0.05) is 11.5 Å². The zero-order valence-electron chi connectivity index (χ0n) is 28.3. The van der Waals surface area contributed by atoms with Crippen LogP contribution in [0.25, 0.3) is 0 Å². The second-order valence-corrected chi connectivity index (χ2v) is 16.4. The van der Waals surface area contributed by atoms with Gasteiger partial charge in [-0.15, -0.1) is 0 Å². The van der Waals surface area contributed by atoms with Crippen LogP contribution in [0.15, 0.2) is 11.6 Å². The van der Waals surface area contributed by atoms with Crippen molar-refractivity contribution in [1.82, 2.24) is 0 Å². The molecule has 14 nitrogen and oxygen atoms in total. The number of hydrogen-bond acceptors (Lipinski definition) is 14. The molecule has 6 fully saturated rings. The number of aliphatic hydroxyl groups excluding tert-OH is 7. The van der Waals surface area contributed by atoms with Gasteiger partial charge in [0.05, 0.1) is 24.9 Å². The van der Waals surface area contributed by atoms with Gasteiger partial charge in [0.1, 0.15) is 55.4 Å². The highest BCUT2D eigenvalue weighted by Crippen LogP contribution is 2.70. The lowest BCUT2D eigenvalue weighted by molar-refractivity contribution is -0.338. The summed E-state index contributed by atoms with van der Waals surface area (Å²) in [5, 5.41) is 84.5. The number of cyclic esters (lactones) is 1. The summed E-state index contributed by atoms with van der Waals surface area (Å²) in [5.41, 5.74) is -0.0991. The first-order valence-electron chi connectivity index (χ1n) is 18.1. The Morgan fingerprint density at radius 2 is 1.49 bits per heavy atom. The molecule has 14 heteroatoms. The quantitative estimate of drug-likeness (QED) is 0.121. The van der Waals surface area contributed by atoms with Crippen LogP contribution >= 0.6 is 0 Å². The van der Waals surface area contributed by atoms with E-state index in [1.54, 1.807) is 6.08 Å². The molecule has 0 spiro atoms. The van der Waals surface area contributed by atoms with E-state index in [0.717, 1.165) is 56.9 Å². The normalized spacial score (nSPS) is 54.4. The third kappa shape index (κ3) is 5.82. The molecule has 0 amide bonds. The predicted octanol–water partition coefficient (Wildman–Crippen LogP) is -0.747. The summed E-state index contributed by atoms with van der Waals surface area (Å²) in [6.45, 7) is 3.85. The Bertz CT molecular complexity index is 1260. The second-order valence-electron chi connectivity index (χ2n) is 16.4. The fraction of sp³-hybridized carbons (Fsp3) is 0.914. The van der Waals surface area contributed by atoms with Gasteiger partial charge in [0.2, 0.25) is 0 Å². The van der Waals surface area contributed by atoms with Crippen molar-refractivity contribution < 1.29 is 69.3 Å². The molecule has 18 atom stereocenters. The zero-order chi connectivity index (χ0) is 35.0. The molecule has 8 N–H and O–H groups in total. The molecule has 0 bridgehead atoms. The maximum absolute atomic E-state index is 12.5. The number of fused-ring (bicyclic) bond motifs is 5. The Balaban J connectivity index is 0.982. The van der Waals surface area contributed by atoms with Crippen LogP contribution in [0.3, 0.4) is 0 Å². The van der Waals surface area contributed by atoms with Gasteiger partial charge < -0.3 is 64.5 Å². The summed E-state index contributed by atoms with van der Waals surface area (Å²) in [7, 11) is 0. The van der Waals surface area contributed by atoms with Crippen LogP contribution in [0.5, 0.6) is 0 Å². The first-order chi connectivity index (χ1) is 23.2. The Kier molecular flexibility index (Phi) is 9.80. The highest BCUT2D eigenvalue weighted by Gasteiger charge is 2.68. The molecule has 8 unspecified atom stereocenters. The lowest BCUT2D eigenvalue weighted by atomic mass is 9.43. The smallest absolute Gasteiger partial charge is 0.331 e. The van der Waals surface area contributed by atoms with Crippen LogP contribution in [0.4, 0.5) is 0 Å².